The van der Waals surface area contributed by atoms with Crippen LogP contribution in [0, 0.1) is 6.92 Å². The van der Waals surface area contributed by atoms with E-state index < -0.39 is 0 Å². The van der Waals surface area contributed by atoms with Crippen molar-refractivity contribution in [3.63, 3.8) is 0 Å². The van der Waals surface area contributed by atoms with Crippen LogP contribution in [0.2, 0.25) is 0 Å². The molecule has 8 heteroatoms. The van der Waals surface area contributed by atoms with Gasteiger partial charge in [0, 0.05) is 19.3 Å². The van der Waals surface area contributed by atoms with Gasteiger partial charge in [-0.05, 0) is 31.2 Å². The highest BCUT2D eigenvalue weighted by Crippen LogP contribution is 2.06. The fourth-order valence-corrected chi connectivity index (χ4v) is 1.95. The maximum Gasteiger partial charge on any atom is 0.254 e. The van der Waals surface area contributed by atoms with Crippen molar-refractivity contribution < 1.29 is 9.21 Å². The number of aryl methyl sites for hydroxylation is 1. The molecule has 0 saturated carbocycles. The number of hydrogen-bond acceptors (Lipinski definition) is 6. The van der Waals surface area contributed by atoms with Gasteiger partial charge < -0.3 is 15.1 Å². The van der Waals surface area contributed by atoms with Crippen LogP contribution in [-0.4, -0.2) is 39.0 Å². The third kappa shape index (κ3) is 3.73. The zero-order valence-corrected chi connectivity index (χ0v) is 12.6. The molecule has 3 rings (SSSR count). The van der Waals surface area contributed by atoms with Crippen LogP contribution in [-0.2, 0) is 0 Å². The lowest BCUT2D eigenvalue weighted by Crippen LogP contribution is -2.28. The Hall–Kier alpha value is -3.16. The lowest BCUT2D eigenvalue weighted by atomic mass is 10.3. The lowest BCUT2D eigenvalue weighted by molar-refractivity contribution is 0.0954. The minimum absolute atomic E-state index is 0.170. The quantitative estimate of drug-likeness (QED) is 0.668. The Labute approximate surface area is 132 Å². The summed E-state index contributed by atoms with van der Waals surface area (Å²) in [6, 6.07) is 7.16. The molecule has 8 nitrogen and oxygen atoms in total. The number of nitrogens with zero attached hydrogens (tertiary/aromatic N) is 4. The maximum atomic E-state index is 11.7. The number of carbonyl (C=O) groups excluding carboxylic acids is 1. The molecule has 0 radical (unpaired) electrons. The zero-order valence-electron chi connectivity index (χ0n) is 12.6. The summed E-state index contributed by atoms with van der Waals surface area (Å²) in [7, 11) is 0. The number of amides is 1. The highest BCUT2D eigenvalue weighted by atomic mass is 16.3. The Morgan fingerprint density at radius 3 is 2.78 bits per heavy atom. The van der Waals surface area contributed by atoms with Gasteiger partial charge in [0.1, 0.15) is 12.1 Å². The standard InChI is InChI=1S/C15H16N6O2/c1-11-4-8-21(20-11)14-3-2-13(18-19-14)16-6-7-17-15(22)12-5-9-23-10-12/h2-5,8-10H,6-7H2,1H3,(H,16,18)(H,17,22). The molecule has 0 aliphatic heterocycles. The van der Waals surface area contributed by atoms with Gasteiger partial charge in [-0.15, -0.1) is 10.2 Å². The molecule has 0 aliphatic carbocycles. The lowest BCUT2D eigenvalue weighted by Gasteiger charge is -2.06. The minimum atomic E-state index is -0.170. The summed E-state index contributed by atoms with van der Waals surface area (Å²) in [5.74, 6) is 1.11. The molecule has 0 fully saturated rings. The summed E-state index contributed by atoms with van der Waals surface area (Å²) < 4.78 is 6.52. The average molecular weight is 312 g/mol. The van der Waals surface area contributed by atoms with E-state index >= 15 is 0 Å². The predicted molar refractivity (Wildman–Crippen MR) is 83.4 cm³/mol. The fraction of sp³-hybridized carbons (Fsp3) is 0.200. The Kier molecular flexibility index (Phi) is 4.32. The van der Waals surface area contributed by atoms with Gasteiger partial charge in [-0.1, -0.05) is 0 Å². The second kappa shape index (κ2) is 6.73. The van der Waals surface area contributed by atoms with E-state index in [9.17, 15) is 4.79 Å². The first-order valence-electron chi connectivity index (χ1n) is 7.13. The first-order valence-corrected chi connectivity index (χ1v) is 7.13. The number of aromatic nitrogens is 4. The second-order valence-corrected chi connectivity index (χ2v) is 4.87. The first-order chi connectivity index (χ1) is 11.2. The second-order valence-electron chi connectivity index (χ2n) is 4.87. The van der Waals surface area contributed by atoms with Crippen molar-refractivity contribution in [2.75, 3.05) is 18.4 Å². The molecule has 3 aromatic heterocycles. The third-order valence-corrected chi connectivity index (χ3v) is 3.11. The third-order valence-electron chi connectivity index (χ3n) is 3.11. The molecular weight excluding hydrogens is 296 g/mol. The largest absolute Gasteiger partial charge is 0.472 e. The topological polar surface area (TPSA) is 97.9 Å². The van der Waals surface area contributed by atoms with Crippen LogP contribution in [0.4, 0.5) is 5.82 Å². The minimum Gasteiger partial charge on any atom is -0.472 e. The molecule has 1 amide bonds. The molecule has 0 atom stereocenters. The maximum absolute atomic E-state index is 11.7. The van der Waals surface area contributed by atoms with Crippen molar-refractivity contribution in [3.05, 3.63) is 54.2 Å². The normalized spacial score (nSPS) is 10.5. The van der Waals surface area contributed by atoms with E-state index in [2.05, 4.69) is 25.9 Å². The summed E-state index contributed by atoms with van der Waals surface area (Å²) in [5.41, 5.74) is 1.42. The van der Waals surface area contributed by atoms with Crippen molar-refractivity contribution >= 4 is 11.7 Å². The molecule has 118 valence electrons. The van der Waals surface area contributed by atoms with Gasteiger partial charge in [-0.2, -0.15) is 5.10 Å². The monoisotopic (exact) mass is 312 g/mol. The average Bonchev–Trinajstić information content (AvgIpc) is 3.23. The zero-order chi connectivity index (χ0) is 16.1. The van der Waals surface area contributed by atoms with Crippen molar-refractivity contribution in [2.45, 2.75) is 6.92 Å². The molecule has 0 unspecified atom stereocenters. The Balaban J connectivity index is 1.46. The van der Waals surface area contributed by atoms with Gasteiger partial charge in [-0.3, -0.25) is 4.79 Å². The van der Waals surface area contributed by atoms with Crippen LogP contribution in [0.15, 0.2) is 47.4 Å². The number of furan rings is 1. The molecule has 23 heavy (non-hydrogen) atoms. The van der Waals surface area contributed by atoms with E-state index in [4.69, 9.17) is 4.42 Å². The molecule has 0 aliphatic rings. The highest BCUT2D eigenvalue weighted by Gasteiger charge is 2.05. The SMILES string of the molecule is Cc1ccn(-c2ccc(NCCNC(=O)c3ccoc3)nn2)n1. The van der Waals surface area contributed by atoms with Gasteiger partial charge >= 0.3 is 0 Å². The molecule has 0 spiro atoms. The van der Waals surface area contributed by atoms with Gasteiger partial charge in [0.2, 0.25) is 0 Å². The fourth-order valence-electron chi connectivity index (χ4n) is 1.95. The van der Waals surface area contributed by atoms with E-state index in [-0.39, 0.29) is 5.91 Å². The molecule has 0 aromatic carbocycles. The van der Waals surface area contributed by atoms with Crippen LogP contribution in [0.1, 0.15) is 16.1 Å². The summed E-state index contributed by atoms with van der Waals surface area (Å²) in [6.07, 6.45) is 4.70. The van der Waals surface area contributed by atoms with Gasteiger partial charge in [-0.25, -0.2) is 4.68 Å². The Morgan fingerprint density at radius 1 is 1.22 bits per heavy atom. The smallest absolute Gasteiger partial charge is 0.254 e. The van der Waals surface area contributed by atoms with E-state index in [0.717, 1.165) is 5.69 Å². The van der Waals surface area contributed by atoms with Crippen molar-refractivity contribution in [3.8, 4) is 5.82 Å². The molecule has 3 heterocycles. The van der Waals surface area contributed by atoms with Crippen LogP contribution in [0.25, 0.3) is 5.82 Å². The van der Waals surface area contributed by atoms with Crippen molar-refractivity contribution in [1.82, 2.24) is 25.3 Å². The van der Waals surface area contributed by atoms with Crippen LogP contribution >= 0.6 is 0 Å². The molecule has 0 saturated heterocycles. The number of nitrogens with one attached hydrogen (secondary N) is 2. The van der Waals surface area contributed by atoms with Crippen molar-refractivity contribution in [2.24, 2.45) is 0 Å². The van der Waals surface area contributed by atoms with E-state index in [0.29, 0.717) is 30.3 Å². The van der Waals surface area contributed by atoms with E-state index in [1.807, 2.05) is 31.3 Å². The van der Waals surface area contributed by atoms with Gasteiger partial charge in [0.25, 0.3) is 5.91 Å². The number of anilines is 1. The Morgan fingerprint density at radius 2 is 2.13 bits per heavy atom. The molecule has 3 aromatic rings. The van der Waals surface area contributed by atoms with Crippen molar-refractivity contribution in [1.29, 1.82) is 0 Å². The molecule has 2 N–H and O–H groups in total. The first kappa shape index (κ1) is 14.8. The number of hydrogen-bond donors (Lipinski definition) is 2. The number of carbonyl (C=O) groups is 1. The Bertz CT molecular complexity index is 764. The van der Waals surface area contributed by atoms with E-state index in [1.165, 1.54) is 12.5 Å². The molecule has 0 bridgehead atoms. The van der Waals surface area contributed by atoms with Crippen LogP contribution in [0.3, 0.4) is 0 Å². The summed E-state index contributed by atoms with van der Waals surface area (Å²) in [5, 5.41) is 18.3. The summed E-state index contributed by atoms with van der Waals surface area (Å²) in [6.45, 7) is 2.92. The predicted octanol–water partition coefficient (Wildman–Crippen LogP) is 1.41. The van der Waals surface area contributed by atoms with Gasteiger partial charge in [0.05, 0.1) is 17.5 Å². The number of rotatable bonds is 6. The van der Waals surface area contributed by atoms with E-state index in [1.54, 1.807) is 10.7 Å². The summed E-state index contributed by atoms with van der Waals surface area (Å²) >= 11 is 0. The molecular formula is C15H16N6O2. The summed E-state index contributed by atoms with van der Waals surface area (Å²) in [4.78, 5) is 11.7. The van der Waals surface area contributed by atoms with Crippen LogP contribution < -0.4 is 10.6 Å². The van der Waals surface area contributed by atoms with Crippen LogP contribution in [0.5, 0.6) is 0 Å². The van der Waals surface area contributed by atoms with Gasteiger partial charge in [0.15, 0.2) is 5.82 Å². The highest BCUT2D eigenvalue weighted by molar-refractivity contribution is 5.93.